The minimum absolute atomic E-state index is 0.0241. The molecule has 5 rings (SSSR count). The molecule has 27 heavy (non-hydrogen) atoms. The van der Waals surface area contributed by atoms with Crippen LogP contribution in [0.4, 0.5) is 0 Å². The molecule has 0 fully saturated rings. The Hall–Kier alpha value is -2.12. The third kappa shape index (κ3) is 2.41. The maximum atomic E-state index is 3.98. The summed E-state index contributed by atoms with van der Waals surface area (Å²) in [5.41, 5.74) is 11.2. The van der Waals surface area contributed by atoms with Gasteiger partial charge in [-0.1, -0.05) is 96.5 Å². The Labute approximate surface area is 170 Å². The maximum absolute atomic E-state index is 3.98. The molecule has 0 spiro atoms. The molecular formula is C26H23Br. The van der Waals surface area contributed by atoms with Crippen LogP contribution < -0.4 is 0 Å². The highest BCUT2D eigenvalue weighted by atomic mass is 79.9. The van der Waals surface area contributed by atoms with Crippen LogP contribution in [-0.4, -0.2) is 0 Å². The highest BCUT2D eigenvalue weighted by Gasteiger charge is 2.42. The van der Waals surface area contributed by atoms with Gasteiger partial charge in [0.15, 0.2) is 0 Å². The molecule has 2 aromatic rings. The van der Waals surface area contributed by atoms with Gasteiger partial charge in [0.1, 0.15) is 0 Å². The van der Waals surface area contributed by atoms with Crippen LogP contribution in [0.5, 0.6) is 0 Å². The van der Waals surface area contributed by atoms with E-state index in [1.54, 1.807) is 0 Å². The van der Waals surface area contributed by atoms with E-state index in [1.807, 2.05) is 0 Å². The Bertz CT molecular complexity index is 1070. The number of hydrogen-bond acceptors (Lipinski definition) is 0. The van der Waals surface area contributed by atoms with Crippen LogP contribution in [0.3, 0.4) is 0 Å². The normalized spacial score (nSPS) is 23.0. The Morgan fingerprint density at radius 1 is 0.852 bits per heavy atom. The van der Waals surface area contributed by atoms with E-state index >= 15 is 0 Å². The number of benzene rings is 2. The van der Waals surface area contributed by atoms with Crippen LogP contribution in [0.15, 0.2) is 83.0 Å². The summed E-state index contributed by atoms with van der Waals surface area (Å²) in [5, 5.41) is 0. The van der Waals surface area contributed by atoms with Gasteiger partial charge in [0.25, 0.3) is 0 Å². The maximum Gasteiger partial charge on any atom is 0.0656 e. The number of fused-ring (bicyclic) bond motifs is 3. The lowest BCUT2D eigenvalue weighted by molar-refractivity contribution is 0.405. The minimum Gasteiger partial charge on any atom is -0.0786 e. The SMILES string of the molecule is CC1=C(C(C)(C)C2C=Cc3ccccc32)C2=Cc3ccccc3C(Br)C2=C1. The van der Waals surface area contributed by atoms with Crippen LogP contribution in [0.25, 0.3) is 12.2 Å². The zero-order valence-electron chi connectivity index (χ0n) is 16.0. The van der Waals surface area contributed by atoms with Gasteiger partial charge in [-0.15, -0.1) is 0 Å². The molecule has 2 aromatic carbocycles. The van der Waals surface area contributed by atoms with Gasteiger partial charge in [0, 0.05) is 11.3 Å². The second kappa shape index (κ2) is 5.94. The molecule has 0 saturated heterocycles. The fourth-order valence-corrected chi connectivity index (χ4v) is 5.99. The van der Waals surface area contributed by atoms with E-state index in [0.29, 0.717) is 5.92 Å². The van der Waals surface area contributed by atoms with E-state index in [-0.39, 0.29) is 10.2 Å². The summed E-state index contributed by atoms with van der Waals surface area (Å²) in [6, 6.07) is 17.6. The topological polar surface area (TPSA) is 0 Å². The van der Waals surface area contributed by atoms with Crippen molar-refractivity contribution in [1.82, 2.24) is 0 Å². The van der Waals surface area contributed by atoms with Gasteiger partial charge >= 0.3 is 0 Å². The first-order chi connectivity index (χ1) is 13.0. The predicted octanol–water partition coefficient (Wildman–Crippen LogP) is 7.61. The molecule has 0 N–H and O–H groups in total. The molecule has 3 aliphatic rings. The lowest BCUT2D eigenvalue weighted by Crippen LogP contribution is -2.25. The average Bonchev–Trinajstić information content (AvgIpc) is 3.23. The van der Waals surface area contributed by atoms with E-state index in [4.69, 9.17) is 0 Å². The molecule has 3 aliphatic carbocycles. The summed E-state index contributed by atoms with van der Waals surface area (Å²) in [6.07, 6.45) is 9.48. The second-order valence-electron chi connectivity index (χ2n) is 8.39. The van der Waals surface area contributed by atoms with Gasteiger partial charge in [-0.3, -0.25) is 0 Å². The van der Waals surface area contributed by atoms with Gasteiger partial charge in [-0.2, -0.15) is 0 Å². The van der Waals surface area contributed by atoms with Gasteiger partial charge < -0.3 is 0 Å². The minimum atomic E-state index is 0.0241. The fraction of sp³-hybridized carbons (Fsp3) is 0.231. The summed E-state index contributed by atoms with van der Waals surface area (Å²) in [5.74, 6) is 0.401. The van der Waals surface area contributed by atoms with E-state index in [1.165, 1.54) is 44.5 Å². The molecule has 0 heterocycles. The lowest BCUT2D eigenvalue weighted by Gasteiger charge is -2.37. The Morgan fingerprint density at radius 3 is 2.30 bits per heavy atom. The average molecular weight is 415 g/mol. The predicted molar refractivity (Wildman–Crippen MR) is 119 cm³/mol. The van der Waals surface area contributed by atoms with Crippen molar-refractivity contribution in [3.63, 3.8) is 0 Å². The van der Waals surface area contributed by atoms with Gasteiger partial charge in [-0.05, 0) is 57.5 Å². The third-order valence-corrected chi connectivity index (χ3v) is 7.40. The summed E-state index contributed by atoms with van der Waals surface area (Å²) in [7, 11) is 0. The monoisotopic (exact) mass is 414 g/mol. The summed E-state index contributed by atoms with van der Waals surface area (Å²) in [6.45, 7) is 7.09. The third-order valence-electron chi connectivity index (χ3n) is 6.41. The van der Waals surface area contributed by atoms with Crippen molar-refractivity contribution in [3.05, 3.63) is 105 Å². The smallest absolute Gasteiger partial charge is 0.0656 e. The molecule has 0 amide bonds. The van der Waals surface area contributed by atoms with Gasteiger partial charge in [0.2, 0.25) is 0 Å². The quantitative estimate of drug-likeness (QED) is 0.443. The summed E-state index contributed by atoms with van der Waals surface area (Å²) in [4.78, 5) is 0.267. The van der Waals surface area contributed by atoms with Crippen LogP contribution in [-0.2, 0) is 0 Å². The van der Waals surface area contributed by atoms with Crippen molar-refractivity contribution in [3.8, 4) is 0 Å². The number of hydrogen-bond donors (Lipinski definition) is 0. The molecule has 134 valence electrons. The second-order valence-corrected chi connectivity index (χ2v) is 9.31. The van der Waals surface area contributed by atoms with E-state index in [9.17, 15) is 0 Å². The first-order valence-electron chi connectivity index (χ1n) is 9.64. The van der Waals surface area contributed by atoms with Crippen molar-refractivity contribution >= 4 is 28.1 Å². The van der Waals surface area contributed by atoms with Crippen LogP contribution in [0.2, 0.25) is 0 Å². The molecule has 0 saturated carbocycles. The largest absolute Gasteiger partial charge is 0.0786 e. The van der Waals surface area contributed by atoms with E-state index in [2.05, 4.69) is 110 Å². The van der Waals surface area contributed by atoms with Gasteiger partial charge in [0.05, 0.1) is 4.83 Å². The van der Waals surface area contributed by atoms with Crippen molar-refractivity contribution in [1.29, 1.82) is 0 Å². The lowest BCUT2D eigenvalue weighted by atomic mass is 9.67. The molecule has 0 nitrogen and oxygen atoms in total. The van der Waals surface area contributed by atoms with Crippen molar-refractivity contribution < 1.29 is 0 Å². The molecule has 0 radical (unpaired) electrons. The van der Waals surface area contributed by atoms with Crippen molar-refractivity contribution in [2.45, 2.75) is 31.5 Å². The molecule has 1 heteroatoms. The molecule has 0 aliphatic heterocycles. The van der Waals surface area contributed by atoms with Crippen LogP contribution in [0, 0.1) is 5.41 Å². The van der Waals surface area contributed by atoms with Crippen molar-refractivity contribution in [2.24, 2.45) is 5.41 Å². The molecular weight excluding hydrogens is 392 g/mol. The highest BCUT2D eigenvalue weighted by molar-refractivity contribution is 9.09. The first kappa shape index (κ1) is 17.0. The zero-order valence-corrected chi connectivity index (χ0v) is 17.5. The molecule has 0 bridgehead atoms. The Morgan fingerprint density at radius 2 is 1.52 bits per heavy atom. The highest BCUT2D eigenvalue weighted by Crippen LogP contribution is 2.57. The van der Waals surface area contributed by atoms with Crippen LogP contribution >= 0.6 is 15.9 Å². The summed E-state index contributed by atoms with van der Waals surface area (Å²) < 4.78 is 0. The molecule has 2 unspecified atom stereocenters. The Kier molecular flexibility index (Phi) is 3.74. The van der Waals surface area contributed by atoms with E-state index < -0.39 is 0 Å². The number of allylic oxidation sites excluding steroid dienone is 6. The fourth-order valence-electron chi connectivity index (χ4n) is 5.19. The van der Waals surface area contributed by atoms with Crippen molar-refractivity contribution in [2.75, 3.05) is 0 Å². The van der Waals surface area contributed by atoms with Gasteiger partial charge in [-0.25, -0.2) is 0 Å². The summed E-state index contributed by atoms with van der Waals surface area (Å²) >= 11 is 3.98. The Balaban J connectivity index is 1.63. The first-order valence-corrected chi connectivity index (χ1v) is 10.6. The zero-order chi connectivity index (χ0) is 18.8. The standard InChI is InChI=1S/C26H23Br/c1-16-14-22-21(15-18-9-5-7-11-20(18)25(22)27)24(16)26(2,3)23-13-12-17-8-4-6-10-19(17)23/h4-15,23,25H,1-3H3. The number of halogens is 1. The van der Waals surface area contributed by atoms with Crippen LogP contribution in [0.1, 0.15) is 53.8 Å². The molecule has 2 atom stereocenters. The molecule has 0 aromatic heterocycles. The number of alkyl halides is 1. The number of rotatable bonds is 2. The van der Waals surface area contributed by atoms with E-state index in [0.717, 1.165) is 0 Å².